The highest BCUT2D eigenvalue weighted by Crippen LogP contribution is 2.38. The van der Waals surface area contributed by atoms with Gasteiger partial charge >= 0.3 is 11.4 Å². The van der Waals surface area contributed by atoms with E-state index in [0.29, 0.717) is 5.16 Å². The topological polar surface area (TPSA) is 158 Å². The summed E-state index contributed by atoms with van der Waals surface area (Å²) in [7, 11) is 0. The second-order valence-electron chi connectivity index (χ2n) is 4.30. The molecular weight excluding hydrogens is 300 g/mol. The van der Waals surface area contributed by atoms with E-state index in [0.717, 1.165) is 30.8 Å². The average Bonchev–Trinajstić information content (AvgIpc) is 3.23. The van der Waals surface area contributed by atoms with Crippen molar-refractivity contribution in [3.63, 3.8) is 0 Å². The number of hydrogen-bond donors (Lipinski definition) is 3. The van der Waals surface area contributed by atoms with Gasteiger partial charge in [-0.25, -0.2) is 20.7 Å². The maximum absolute atomic E-state index is 11.7. The second kappa shape index (κ2) is 5.14. The van der Waals surface area contributed by atoms with Gasteiger partial charge in [0, 0.05) is 6.04 Å². The molecule has 1 fully saturated rings. The minimum atomic E-state index is -0.602. The van der Waals surface area contributed by atoms with Crippen LogP contribution in [0.25, 0.3) is 0 Å². The zero-order valence-corrected chi connectivity index (χ0v) is 11.3. The number of hydrazine groups is 1. The van der Waals surface area contributed by atoms with E-state index in [1.807, 2.05) is 0 Å². The van der Waals surface area contributed by atoms with Crippen molar-refractivity contribution in [2.75, 3.05) is 5.43 Å². The maximum atomic E-state index is 11.7. The molecule has 0 spiro atoms. The van der Waals surface area contributed by atoms with Gasteiger partial charge in [-0.15, -0.1) is 5.10 Å². The third kappa shape index (κ3) is 2.57. The molecule has 3 rings (SSSR count). The SMILES string of the molecule is NNc1ncc([N+](=O)[O-])c(Sc2n[nH]c(=O)n2C2CC2)n1. The highest BCUT2D eigenvalue weighted by molar-refractivity contribution is 7.99. The van der Waals surface area contributed by atoms with Crippen molar-refractivity contribution in [3.05, 3.63) is 26.8 Å². The Bertz CT molecular complexity index is 752. The van der Waals surface area contributed by atoms with Crippen molar-refractivity contribution >= 4 is 23.4 Å². The van der Waals surface area contributed by atoms with Crippen LogP contribution >= 0.6 is 11.8 Å². The summed E-state index contributed by atoms with van der Waals surface area (Å²) in [6.07, 6.45) is 2.82. The van der Waals surface area contributed by atoms with E-state index in [9.17, 15) is 14.9 Å². The molecule has 0 amide bonds. The molecular formula is C9H10N8O3S. The van der Waals surface area contributed by atoms with Crippen LogP contribution in [0.5, 0.6) is 0 Å². The summed E-state index contributed by atoms with van der Waals surface area (Å²) in [5, 5.41) is 17.6. The molecule has 1 aliphatic carbocycles. The fourth-order valence-electron chi connectivity index (χ4n) is 1.73. The first-order chi connectivity index (χ1) is 10.1. The van der Waals surface area contributed by atoms with Gasteiger partial charge in [-0.1, -0.05) is 0 Å². The Hall–Kier alpha value is -2.47. The van der Waals surface area contributed by atoms with Crippen LogP contribution in [0.2, 0.25) is 0 Å². The van der Waals surface area contributed by atoms with Crippen molar-refractivity contribution in [1.82, 2.24) is 24.7 Å². The lowest BCUT2D eigenvalue weighted by Gasteiger charge is -2.04. The Morgan fingerprint density at radius 3 is 2.95 bits per heavy atom. The number of rotatable bonds is 5. The maximum Gasteiger partial charge on any atom is 0.344 e. The average molecular weight is 310 g/mol. The van der Waals surface area contributed by atoms with Gasteiger partial charge in [-0.05, 0) is 24.6 Å². The molecule has 0 saturated heterocycles. The molecule has 11 nitrogen and oxygen atoms in total. The van der Waals surface area contributed by atoms with E-state index < -0.39 is 4.92 Å². The summed E-state index contributed by atoms with van der Waals surface area (Å²) in [5.41, 5.74) is 1.60. The van der Waals surface area contributed by atoms with Crippen LogP contribution in [0.3, 0.4) is 0 Å². The van der Waals surface area contributed by atoms with Gasteiger partial charge in [0.1, 0.15) is 6.20 Å². The van der Waals surface area contributed by atoms with E-state index in [4.69, 9.17) is 5.84 Å². The lowest BCUT2D eigenvalue weighted by molar-refractivity contribution is -0.388. The summed E-state index contributed by atoms with van der Waals surface area (Å²) < 4.78 is 1.48. The molecule has 0 unspecified atom stereocenters. The minimum Gasteiger partial charge on any atom is -0.292 e. The molecule has 0 bridgehead atoms. The van der Waals surface area contributed by atoms with Gasteiger partial charge in [-0.2, -0.15) is 4.98 Å². The first-order valence-electron chi connectivity index (χ1n) is 5.93. The largest absolute Gasteiger partial charge is 0.344 e. The molecule has 4 N–H and O–H groups in total. The van der Waals surface area contributed by atoms with Gasteiger partial charge in [0.2, 0.25) is 5.95 Å². The van der Waals surface area contributed by atoms with Crippen LogP contribution < -0.4 is 17.0 Å². The highest BCUT2D eigenvalue weighted by atomic mass is 32.2. The number of H-pyrrole nitrogens is 1. The molecule has 12 heteroatoms. The summed E-state index contributed by atoms with van der Waals surface area (Å²) in [6.45, 7) is 0. The Kier molecular flexibility index (Phi) is 3.31. The molecule has 2 heterocycles. The molecule has 21 heavy (non-hydrogen) atoms. The first-order valence-corrected chi connectivity index (χ1v) is 6.74. The van der Waals surface area contributed by atoms with Crippen LogP contribution in [-0.4, -0.2) is 29.7 Å². The number of aromatic amines is 1. The van der Waals surface area contributed by atoms with Crippen molar-refractivity contribution in [2.24, 2.45) is 5.84 Å². The Morgan fingerprint density at radius 2 is 2.33 bits per heavy atom. The summed E-state index contributed by atoms with van der Waals surface area (Å²) in [6, 6.07) is 0.0896. The molecule has 0 atom stereocenters. The van der Waals surface area contributed by atoms with Gasteiger partial charge < -0.3 is 0 Å². The zero-order valence-electron chi connectivity index (χ0n) is 10.5. The minimum absolute atomic E-state index is 0.0407. The molecule has 110 valence electrons. The number of anilines is 1. The van der Waals surface area contributed by atoms with E-state index in [1.54, 1.807) is 0 Å². The van der Waals surface area contributed by atoms with Crippen molar-refractivity contribution in [3.8, 4) is 0 Å². The van der Waals surface area contributed by atoms with Gasteiger partial charge in [0.15, 0.2) is 10.2 Å². The number of aromatic nitrogens is 5. The lowest BCUT2D eigenvalue weighted by Crippen LogP contribution is -2.16. The van der Waals surface area contributed by atoms with E-state index in [-0.39, 0.29) is 28.4 Å². The van der Waals surface area contributed by atoms with Crippen LogP contribution in [0.1, 0.15) is 18.9 Å². The second-order valence-corrected chi connectivity index (χ2v) is 5.26. The quantitative estimate of drug-likeness (QED) is 0.300. The highest BCUT2D eigenvalue weighted by Gasteiger charge is 2.30. The number of nitrogen functional groups attached to an aromatic ring is 1. The fraction of sp³-hybridized carbons (Fsp3) is 0.333. The smallest absolute Gasteiger partial charge is 0.292 e. The summed E-state index contributed by atoms with van der Waals surface area (Å²) >= 11 is 0.920. The van der Waals surface area contributed by atoms with Crippen molar-refractivity contribution in [2.45, 2.75) is 29.1 Å². The normalized spacial score (nSPS) is 14.1. The monoisotopic (exact) mass is 310 g/mol. The van der Waals surface area contributed by atoms with Crippen LogP contribution in [0.4, 0.5) is 11.6 Å². The fourth-order valence-corrected chi connectivity index (χ4v) is 2.69. The summed E-state index contributed by atoms with van der Waals surface area (Å²) in [4.78, 5) is 29.7. The number of nitrogens with zero attached hydrogens (tertiary/aromatic N) is 5. The standard InChI is InChI=1S/C9H10N8O3S/c10-13-7-11-3-5(17(19)20)6(12-7)21-9-15-14-8(18)16(9)4-1-2-4/h3-4H,1-2,10H2,(H,14,18)(H,11,12,13). The third-order valence-corrected chi connectivity index (χ3v) is 3.80. The number of nitrogens with one attached hydrogen (secondary N) is 2. The van der Waals surface area contributed by atoms with E-state index >= 15 is 0 Å². The van der Waals surface area contributed by atoms with Crippen LogP contribution in [0, 0.1) is 10.1 Å². The molecule has 0 aliphatic heterocycles. The first kappa shape index (κ1) is 13.5. The number of nitro groups is 1. The van der Waals surface area contributed by atoms with E-state index in [1.165, 1.54) is 4.57 Å². The Labute approximate surface area is 121 Å². The molecule has 0 radical (unpaired) electrons. The van der Waals surface area contributed by atoms with Crippen molar-refractivity contribution in [1.29, 1.82) is 0 Å². The third-order valence-electron chi connectivity index (χ3n) is 2.83. The van der Waals surface area contributed by atoms with Gasteiger partial charge in [0.05, 0.1) is 4.92 Å². The zero-order chi connectivity index (χ0) is 15.0. The van der Waals surface area contributed by atoms with Crippen LogP contribution in [-0.2, 0) is 0 Å². The lowest BCUT2D eigenvalue weighted by atomic mass is 10.5. The molecule has 1 aliphatic rings. The number of nitrogens with two attached hydrogens (primary N) is 1. The van der Waals surface area contributed by atoms with Gasteiger partial charge in [0.25, 0.3) is 0 Å². The molecule has 0 aromatic carbocycles. The Morgan fingerprint density at radius 1 is 1.57 bits per heavy atom. The van der Waals surface area contributed by atoms with E-state index in [2.05, 4.69) is 25.6 Å². The van der Waals surface area contributed by atoms with Gasteiger partial charge in [-0.3, -0.25) is 20.1 Å². The van der Waals surface area contributed by atoms with Crippen LogP contribution in [0.15, 0.2) is 21.2 Å². The number of hydrogen-bond acceptors (Lipinski definition) is 9. The van der Waals surface area contributed by atoms with Crippen molar-refractivity contribution < 1.29 is 4.92 Å². The predicted octanol–water partition coefficient (Wildman–Crippen LogP) is 0.0413. The Balaban J connectivity index is 2.01. The molecule has 1 saturated carbocycles. The molecule has 2 aromatic rings. The summed E-state index contributed by atoms with van der Waals surface area (Å²) in [5.74, 6) is 5.24. The molecule has 2 aromatic heterocycles. The predicted molar refractivity (Wildman–Crippen MR) is 71.7 cm³/mol.